The molecule has 4 nitrogen and oxygen atoms in total. The molecule has 2 N–H and O–H groups in total. The molecule has 0 spiro atoms. The number of benzene rings is 1. The molecule has 1 saturated heterocycles. The van der Waals surface area contributed by atoms with Crippen LogP contribution in [0.1, 0.15) is 26.7 Å². The summed E-state index contributed by atoms with van der Waals surface area (Å²) in [6.45, 7) is 5.30. The summed E-state index contributed by atoms with van der Waals surface area (Å²) in [5.74, 6) is 0.576. The molecule has 1 aliphatic rings. The van der Waals surface area contributed by atoms with Gasteiger partial charge in [0.05, 0.1) is 23.5 Å². The number of para-hydroxylation sites is 1. The van der Waals surface area contributed by atoms with Crippen molar-refractivity contribution in [1.82, 2.24) is 10.2 Å². The van der Waals surface area contributed by atoms with Gasteiger partial charge in [0.2, 0.25) is 0 Å². The van der Waals surface area contributed by atoms with Crippen LogP contribution < -0.4 is 5.32 Å². The Morgan fingerprint density at radius 2 is 2.32 bits per heavy atom. The summed E-state index contributed by atoms with van der Waals surface area (Å²) < 4.78 is 5.82. The Hall–Kier alpha value is -1.55. The Balaban J connectivity index is 1.75. The zero-order valence-corrected chi connectivity index (χ0v) is 11.5. The molecule has 2 heterocycles. The van der Waals surface area contributed by atoms with Crippen molar-refractivity contribution in [3.63, 3.8) is 0 Å². The molecule has 2 atom stereocenters. The van der Waals surface area contributed by atoms with Crippen LogP contribution in [0.5, 0.6) is 0 Å². The zero-order valence-electron chi connectivity index (χ0n) is 11.5. The molecule has 1 aromatic heterocycles. The minimum absolute atomic E-state index is 0.368. The van der Waals surface area contributed by atoms with Gasteiger partial charge in [-0.2, -0.15) is 5.10 Å². The van der Waals surface area contributed by atoms with Crippen LogP contribution in [0.4, 0.5) is 5.69 Å². The van der Waals surface area contributed by atoms with Crippen molar-refractivity contribution in [3.05, 3.63) is 24.4 Å². The van der Waals surface area contributed by atoms with E-state index in [0.717, 1.165) is 36.0 Å². The molecule has 3 rings (SSSR count). The fourth-order valence-electron chi connectivity index (χ4n) is 2.73. The van der Waals surface area contributed by atoms with E-state index in [1.54, 1.807) is 0 Å². The number of rotatable bonds is 3. The molecule has 1 aliphatic heterocycles. The number of aromatic amines is 1. The van der Waals surface area contributed by atoms with Crippen molar-refractivity contribution in [3.8, 4) is 0 Å². The highest BCUT2D eigenvalue weighted by atomic mass is 16.5. The van der Waals surface area contributed by atoms with Crippen molar-refractivity contribution in [2.75, 3.05) is 11.9 Å². The van der Waals surface area contributed by atoms with Crippen LogP contribution in [0.2, 0.25) is 0 Å². The van der Waals surface area contributed by atoms with Gasteiger partial charge >= 0.3 is 0 Å². The fourth-order valence-corrected chi connectivity index (χ4v) is 2.73. The summed E-state index contributed by atoms with van der Waals surface area (Å²) in [6.07, 6.45) is 4.37. The number of nitrogens with one attached hydrogen (secondary N) is 2. The van der Waals surface area contributed by atoms with Gasteiger partial charge in [0.15, 0.2) is 0 Å². The van der Waals surface area contributed by atoms with Crippen molar-refractivity contribution in [1.29, 1.82) is 0 Å². The van der Waals surface area contributed by atoms with E-state index in [9.17, 15) is 0 Å². The fraction of sp³-hybridized carbons (Fsp3) is 0.533. The predicted molar refractivity (Wildman–Crippen MR) is 77.3 cm³/mol. The van der Waals surface area contributed by atoms with Crippen molar-refractivity contribution in [2.24, 2.45) is 5.92 Å². The molecule has 1 aromatic carbocycles. The lowest BCUT2D eigenvalue weighted by molar-refractivity contribution is -0.0160. The lowest BCUT2D eigenvalue weighted by Crippen LogP contribution is -2.36. The molecule has 0 radical (unpaired) electrons. The molecule has 2 aromatic rings. The summed E-state index contributed by atoms with van der Waals surface area (Å²) >= 11 is 0. The molecule has 102 valence electrons. The molecule has 0 saturated carbocycles. The first-order valence-electron chi connectivity index (χ1n) is 7.04. The number of H-pyrrole nitrogens is 1. The minimum Gasteiger partial charge on any atom is -0.380 e. The molecule has 0 aliphatic carbocycles. The number of ether oxygens (including phenoxy) is 1. The number of aromatic nitrogens is 2. The van der Waals surface area contributed by atoms with Gasteiger partial charge in [0.25, 0.3) is 0 Å². The first kappa shape index (κ1) is 12.5. The van der Waals surface area contributed by atoms with E-state index < -0.39 is 0 Å². The summed E-state index contributed by atoms with van der Waals surface area (Å²) in [5, 5.41) is 12.0. The highest BCUT2D eigenvalue weighted by Gasteiger charge is 2.25. The highest BCUT2D eigenvalue weighted by molar-refractivity contribution is 5.89. The Labute approximate surface area is 113 Å². The van der Waals surface area contributed by atoms with E-state index in [-0.39, 0.29) is 0 Å². The third kappa shape index (κ3) is 2.59. The largest absolute Gasteiger partial charge is 0.380 e. The number of hydrogen-bond donors (Lipinski definition) is 2. The second-order valence-corrected chi connectivity index (χ2v) is 5.66. The minimum atomic E-state index is 0.368. The number of hydrogen-bond acceptors (Lipinski definition) is 3. The van der Waals surface area contributed by atoms with E-state index in [4.69, 9.17) is 4.74 Å². The van der Waals surface area contributed by atoms with Gasteiger partial charge in [0.1, 0.15) is 0 Å². The van der Waals surface area contributed by atoms with E-state index in [2.05, 4.69) is 47.6 Å². The Morgan fingerprint density at radius 3 is 3.16 bits per heavy atom. The second kappa shape index (κ2) is 5.21. The maximum atomic E-state index is 5.82. The number of anilines is 1. The Morgan fingerprint density at radius 1 is 1.42 bits per heavy atom. The Kier molecular flexibility index (Phi) is 3.42. The van der Waals surface area contributed by atoms with Gasteiger partial charge in [-0.25, -0.2) is 0 Å². The van der Waals surface area contributed by atoms with E-state index >= 15 is 0 Å². The summed E-state index contributed by atoms with van der Waals surface area (Å²) in [4.78, 5) is 0. The topological polar surface area (TPSA) is 49.9 Å². The van der Waals surface area contributed by atoms with Gasteiger partial charge in [-0.15, -0.1) is 0 Å². The van der Waals surface area contributed by atoms with Gasteiger partial charge < -0.3 is 10.1 Å². The molecular weight excluding hydrogens is 238 g/mol. The van der Waals surface area contributed by atoms with Crippen LogP contribution in [-0.2, 0) is 4.74 Å². The third-order valence-electron chi connectivity index (χ3n) is 3.89. The van der Waals surface area contributed by atoms with Crippen LogP contribution in [0.15, 0.2) is 24.4 Å². The zero-order chi connectivity index (χ0) is 13.2. The standard InChI is InChI=1S/C15H21N3O/c1-10(2)14-8-12(6-7-19-14)17-13-5-3-4-11-9-16-18-15(11)13/h3-5,9-10,12,14,17H,6-8H2,1-2H3,(H,16,18). The van der Waals surface area contributed by atoms with Crippen LogP contribution in [0.25, 0.3) is 10.9 Å². The van der Waals surface area contributed by atoms with E-state index in [1.165, 1.54) is 0 Å². The average molecular weight is 259 g/mol. The predicted octanol–water partition coefficient (Wildman–Crippen LogP) is 3.18. The molecule has 19 heavy (non-hydrogen) atoms. The van der Waals surface area contributed by atoms with Crippen molar-refractivity contribution in [2.45, 2.75) is 38.8 Å². The first-order valence-corrected chi connectivity index (χ1v) is 7.04. The summed E-state index contributed by atoms with van der Waals surface area (Å²) in [6, 6.07) is 6.74. The van der Waals surface area contributed by atoms with Crippen LogP contribution >= 0.6 is 0 Å². The highest BCUT2D eigenvalue weighted by Crippen LogP contribution is 2.26. The van der Waals surface area contributed by atoms with E-state index in [1.807, 2.05) is 6.20 Å². The molecular formula is C15H21N3O. The van der Waals surface area contributed by atoms with Crippen molar-refractivity contribution < 1.29 is 4.74 Å². The molecule has 2 unspecified atom stereocenters. The van der Waals surface area contributed by atoms with Crippen LogP contribution in [0, 0.1) is 5.92 Å². The summed E-state index contributed by atoms with van der Waals surface area (Å²) in [7, 11) is 0. The van der Waals surface area contributed by atoms with Crippen LogP contribution in [0.3, 0.4) is 0 Å². The summed E-state index contributed by atoms with van der Waals surface area (Å²) in [5.41, 5.74) is 2.24. The van der Waals surface area contributed by atoms with Crippen LogP contribution in [-0.4, -0.2) is 29.0 Å². The number of fused-ring (bicyclic) bond motifs is 1. The van der Waals surface area contributed by atoms with Gasteiger partial charge in [-0.1, -0.05) is 26.0 Å². The molecule has 1 fully saturated rings. The SMILES string of the molecule is CC(C)C1CC(Nc2cccc3cn[nH]c23)CCO1. The quantitative estimate of drug-likeness (QED) is 0.890. The van der Waals surface area contributed by atoms with Gasteiger partial charge in [-0.3, -0.25) is 5.10 Å². The van der Waals surface area contributed by atoms with Gasteiger partial charge in [-0.05, 0) is 24.8 Å². The Bertz CT molecular complexity index is 549. The second-order valence-electron chi connectivity index (χ2n) is 5.66. The lowest BCUT2D eigenvalue weighted by Gasteiger charge is -2.33. The van der Waals surface area contributed by atoms with Gasteiger partial charge in [0, 0.05) is 18.0 Å². The lowest BCUT2D eigenvalue weighted by atomic mass is 9.95. The third-order valence-corrected chi connectivity index (χ3v) is 3.89. The first-order chi connectivity index (χ1) is 9.24. The smallest absolute Gasteiger partial charge is 0.0881 e. The monoisotopic (exact) mass is 259 g/mol. The average Bonchev–Trinajstić information content (AvgIpc) is 2.88. The maximum absolute atomic E-state index is 5.82. The normalized spacial score (nSPS) is 23.9. The molecule has 0 amide bonds. The number of nitrogens with zero attached hydrogens (tertiary/aromatic N) is 1. The molecule has 0 bridgehead atoms. The molecule has 4 heteroatoms. The maximum Gasteiger partial charge on any atom is 0.0881 e. The van der Waals surface area contributed by atoms with E-state index in [0.29, 0.717) is 18.1 Å². The van der Waals surface area contributed by atoms with Crippen molar-refractivity contribution >= 4 is 16.6 Å².